The van der Waals surface area contributed by atoms with Gasteiger partial charge in [-0.25, -0.2) is 8.42 Å². The number of pyridine rings is 1. The minimum absolute atomic E-state index is 0.106. The fourth-order valence-corrected chi connectivity index (χ4v) is 4.46. The van der Waals surface area contributed by atoms with Crippen LogP contribution in [0.1, 0.15) is 30.0 Å². The summed E-state index contributed by atoms with van der Waals surface area (Å²) in [4.78, 5) is 4.47. The fraction of sp³-hybridized carbons (Fsp3) is 0.312. The van der Waals surface area contributed by atoms with Crippen molar-refractivity contribution >= 4 is 10.0 Å². The summed E-state index contributed by atoms with van der Waals surface area (Å²) in [5, 5.41) is 0. The summed E-state index contributed by atoms with van der Waals surface area (Å²) in [6.45, 7) is 2.51. The lowest BCUT2D eigenvalue weighted by Crippen LogP contribution is -2.30. The highest BCUT2D eigenvalue weighted by Gasteiger charge is 2.36. The Morgan fingerprint density at radius 3 is 2.62 bits per heavy atom. The molecule has 1 aliphatic rings. The first-order valence-corrected chi connectivity index (χ1v) is 8.51. The molecule has 0 amide bonds. The molecule has 0 aliphatic carbocycles. The van der Waals surface area contributed by atoms with Gasteiger partial charge in [0.25, 0.3) is 0 Å². The zero-order valence-corrected chi connectivity index (χ0v) is 12.8. The molecule has 21 heavy (non-hydrogen) atoms. The van der Waals surface area contributed by atoms with Gasteiger partial charge in [0.05, 0.1) is 10.9 Å². The number of rotatable bonds is 3. The lowest BCUT2D eigenvalue weighted by molar-refractivity contribution is 0.396. The molecule has 1 fully saturated rings. The third kappa shape index (κ3) is 2.71. The molecule has 0 saturated carbocycles. The van der Waals surface area contributed by atoms with E-state index in [1.165, 1.54) is 0 Å². The van der Waals surface area contributed by atoms with Gasteiger partial charge in [-0.3, -0.25) is 4.98 Å². The molecule has 2 heterocycles. The topological polar surface area (TPSA) is 50.3 Å². The van der Waals surface area contributed by atoms with Gasteiger partial charge in [0.15, 0.2) is 0 Å². The Bertz CT molecular complexity index is 712. The number of benzene rings is 1. The molecule has 2 aromatic rings. The van der Waals surface area contributed by atoms with E-state index in [1.54, 1.807) is 28.8 Å². The van der Waals surface area contributed by atoms with Gasteiger partial charge in [-0.05, 0) is 43.5 Å². The molecule has 0 spiro atoms. The first-order chi connectivity index (χ1) is 10.1. The number of hydrogen-bond acceptors (Lipinski definition) is 3. The molecule has 0 unspecified atom stereocenters. The Hall–Kier alpha value is -1.72. The minimum Gasteiger partial charge on any atom is -0.264 e. The van der Waals surface area contributed by atoms with Crippen LogP contribution in [0.4, 0.5) is 0 Å². The Labute approximate surface area is 125 Å². The van der Waals surface area contributed by atoms with Crippen LogP contribution in [0.15, 0.2) is 53.7 Å². The fourth-order valence-electron chi connectivity index (χ4n) is 2.78. The SMILES string of the molecule is Cc1ccc(S(=O)(=O)N2CCC[C@H]2c2cccnc2)cc1. The highest BCUT2D eigenvalue weighted by Crippen LogP contribution is 2.36. The molecule has 1 atom stereocenters. The molecular formula is C16H18N2O2S. The second-order valence-corrected chi connectivity index (χ2v) is 7.26. The van der Waals surface area contributed by atoms with Crippen molar-refractivity contribution in [2.75, 3.05) is 6.54 Å². The van der Waals surface area contributed by atoms with E-state index in [-0.39, 0.29) is 6.04 Å². The molecule has 0 radical (unpaired) electrons. The monoisotopic (exact) mass is 302 g/mol. The quantitative estimate of drug-likeness (QED) is 0.876. The molecular weight excluding hydrogens is 284 g/mol. The van der Waals surface area contributed by atoms with E-state index in [4.69, 9.17) is 0 Å². The summed E-state index contributed by atoms with van der Waals surface area (Å²) in [6, 6.07) is 10.7. The summed E-state index contributed by atoms with van der Waals surface area (Å²) < 4.78 is 27.3. The normalized spacial score (nSPS) is 19.8. The summed E-state index contributed by atoms with van der Waals surface area (Å²) >= 11 is 0. The van der Waals surface area contributed by atoms with Crippen molar-refractivity contribution in [1.82, 2.24) is 9.29 Å². The standard InChI is InChI=1S/C16H18N2O2S/c1-13-6-8-15(9-7-13)21(19,20)18-11-3-5-16(18)14-4-2-10-17-12-14/h2,4,6-10,12,16H,3,5,11H2,1H3/t16-/m0/s1. The second-order valence-electron chi connectivity index (χ2n) is 5.37. The summed E-state index contributed by atoms with van der Waals surface area (Å²) in [6.07, 6.45) is 5.19. The Morgan fingerprint density at radius 2 is 1.95 bits per heavy atom. The van der Waals surface area contributed by atoms with Crippen molar-refractivity contribution in [3.8, 4) is 0 Å². The smallest absolute Gasteiger partial charge is 0.243 e. The van der Waals surface area contributed by atoms with E-state index in [0.29, 0.717) is 11.4 Å². The molecule has 110 valence electrons. The Morgan fingerprint density at radius 1 is 1.19 bits per heavy atom. The van der Waals surface area contributed by atoms with Crippen LogP contribution in [0.5, 0.6) is 0 Å². The number of aryl methyl sites for hydroxylation is 1. The van der Waals surface area contributed by atoms with Crippen molar-refractivity contribution in [3.05, 3.63) is 59.9 Å². The molecule has 1 saturated heterocycles. The highest BCUT2D eigenvalue weighted by atomic mass is 32.2. The molecule has 5 heteroatoms. The average molecular weight is 302 g/mol. The maximum absolute atomic E-state index is 12.8. The number of nitrogens with zero attached hydrogens (tertiary/aromatic N) is 2. The lowest BCUT2D eigenvalue weighted by atomic mass is 10.1. The number of sulfonamides is 1. The van der Waals surface area contributed by atoms with Gasteiger partial charge in [-0.1, -0.05) is 23.8 Å². The summed E-state index contributed by atoms with van der Waals surface area (Å²) in [5.41, 5.74) is 2.02. The predicted molar refractivity (Wildman–Crippen MR) is 81.3 cm³/mol. The van der Waals surface area contributed by atoms with E-state index >= 15 is 0 Å². The van der Waals surface area contributed by atoms with E-state index in [0.717, 1.165) is 24.0 Å². The molecule has 1 aromatic heterocycles. The van der Waals surface area contributed by atoms with Crippen molar-refractivity contribution in [2.45, 2.75) is 30.7 Å². The van der Waals surface area contributed by atoms with Crippen LogP contribution in [0.3, 0.4) is 0 Å². The van der Waals surface area contributed by atoms with Crippen molar-refractivity contribution < 1.29 is 8.42 Å². The van der Waals surface area contributed by atoms with Crippen molar-refractivity contribution in [1.29, 1.82) is 0 Å². The largest absolute Gasteiger partial charge is 0.264 e. The van der Waals surface area contributed by atoms with Gasteiger partial charge in [-0.2, -0.15) is 4.31 Å². The summed E-state index contributed by atoms with van der Waals surface area (Å²) in [5.74, 6) is 0. The van der Waals surface area contributed by atoms with Crippen LogP contribution in [0.2, 0.25) is 0 Å². The van der Waals surface area contributed by atoms with Gasteiger partial charge < -0.3 is 0 Å². The van der Waals surface area contributed by atoms with Crippen molar-refractivity contribution in [2.24, 2.45) is 0 Å². The first-order valence-electron chi connectivity index (χ1n) is 7.07. The third-order valence-corrected chi connectivity index (χ3v) is 5.82. The Kier molecular flexibility index (Phi) is 3.78. The summed E-state index contributed by atoms with van der Waals surface area (Å²) in [7, 11) is -3.45. The predicted octanol–water partition coefficient (Wildman–Crippen LogP) is 2.92. The van der Waals surface area contributed by atoms with Crippen LogP contribution >= 0.6 is 0 Å². The van der Waals surface area contributed by atoms with E-state index in [9.17, 15) is 8.42 Å². The molecule has 1 aliphatic heterocycles. The molecule has 4 nitrogen and oxygen atoms in total. The van der Waals surface area contributed by atoms with Crippen LogP contribution in [-0.2, 0) is 10.0 Å². The molecule has 0 bridgehead atoms. The maximum Gasteiger partial charge on any atom is 0.243 e. The van der Waals surface area contributed by atoms with Crippen LogP contribution in [0.25, 0.3) is 0 Å². The van der Waals surface area contributed by atoms with Gasteiger partial charge in [-0.15, -0.1) is 0 Å². The van der Waals surface area contributed by atoms with Gasteiger partial charge in [0.2, 0.25) is 10.0 Å². The number of hydrogen-bond donors (Lipinski definition) is 0. The van der Waals surface area contributed by atoms with Gasteiger partial charge in [0, 0.05) is 18.9 Å². The average Bonchev–Trinajstić information content (AvgIpc) is 2.99. The maximum atomic E-state index is 12.8. The second kappa shape index (κ2) is 5.58. The molecule has 0 N–H and O–H groups in total. The van der Waals surface area contributed by atoms with E-state index in [1.807, 2.05) is 31.2 Å². The first kappa shape index (κ1) is 14.2. The third-order valence-electron chi connectivity index (χ3n) is 3.90. The molecule has 3 rings (SSSR count). The van der Waals surface area contributed by atoms with Crippen LogP contribution in [-0.4, -0.2) is 24.3 Å². The van der Waals surface area contributed by atoms with E-state index < -0.39 is 10.0 Å². The number of aromatic nitrogens is 1. The van der Waals surface area contributed by atoms with Gasteiger partial charge >= 0.3 is 0 Å². The highest BCUT2D eigenvalue weighted by molar-refractivity contribution is 7.89. The van der Waals surface area contributed by atoms with E-state index in [2.05, 4.69) is 4.98 Å². The Balaban J connectivity index is 1.96. The van der Waals surface area contributed by atoms with Crippen LogP contribution < -0.4 is 0 Å². The van der Waals surface area contributed by atoms with Crippen LogP contribution in [0, 0.1) is 6.92 Å². The van der Waals surface area contributed by atoms with Crippen molar-refractivity contribution in [3.63, 3.8) is 0 Å². The van der Waals surface area contributed by atoms with Gasteiger partial charge in [0.1, 0.15) is 0 Å². The lowest BCUT2D eigenvalue weighted by Gasteiger charge is -2.24. The zero-order valence-electron chi connectivity index (χ0n) is 11.9. The minimum atomic E-state index is -3.45. The molecule has 1 aromatic carbocycles. The zero-order chi connectivity index (χ0) is 14.9.